The highest BCUT2D eigenvalue weighted by Crippen LogP contribution is 2.45. The van der Waals surface area contributed by atoms with Crippen LogP contribution in [0.25, 0.3) is 0 Å². The summed E-state index contributed by atoms with van der Waals surface area (Å²) in [5, 5.41) is 7.70. The SMILES string of the molecule is CN(C)CCOCCN1C(=O)C2(CC2)NC1c1ccsc1. The van der Waals surface area contributed by atoms with Crippen LogP contribution < -0.4 is 5.32 Å². The fourth-order valence-electron chi connectivity index (χ4n) is 2.71. The summed E-state index contributed by atoms with van der Waals surface area (Å²) in [6, 6.07) is 2.09. The van der Waals surface area contributed by atoms with Crippen molar-refractivity contribution in [3.63, 3.8) is 0 Å². The van der Waals surface area contributed by atoms with Crippen LogP contribution >= 0.6 is 11.3 Å². The minimum atomic E-state index is -0.268. The van der Waals surface area contributed by atoms with E-state index in [2.05, 4.69) is 27.0 Å². The Balaban J connectivity index is 1.57. The first-order valence-electron chi connectivity index (χ1n) is 7.46. The molecule has 21 heavy (non-hydrogen) atoms. The Labute approximate surface area is 129 Å². The van der Waals surface area contributed by atoms with Crippen LogP contribution in [0.3, 0.4) is 0 Å². The average Bonchev–Trinajstić information content (AvgIpc) is 2.93. The summed E-state index contributed by atoms with van der Waals surface area (Å²) in [4.78, 5) is 16.6. The Morgan fingerprint density at radius 2 is 2.29 bits per heavy atom. The van der Waals surface area contributed by atoms with Gasteiger partial charge >= 0.3 is 0 Å². The molecule has 6 heteroatoms. The van der Waals surface area contributed by atoms with E-state index in [-0.39, 0.29) is 17.6 Å². The van der Waals surface area contributed by atoms with Gasteiger partial charge in [-0.25, -0.2) is 0 Å². The molecule has 5 nitrogen and oxygen atoms in total. The van der Waals surface area contributed by atoms with E-state index in [0.29, 0.717) is 19.8 Å². The third kappa shape index (κ3) is 3.13. The molecule has 2 fully saturated rings. The quantitative estimate of drug-likeness (QED) is 0.771. The predicted octanol–water partition coefficient (Wildman–Crippen LogP) is 1.29. The number of nitrogens with one attached hydrogen (secondary N) is 1. The van der Waals surface area contributed by atoms with Gasteiger partial charge in [-0.05, 0) is 49.3 Å². The molecule has 1 amide bonds. The van der Waals surface area contributed by atoms with Crippen LogP contribution in [0.4, 0.5) is 0 Å². The lowest BCUT2D eigenvalue weighted by Crippen LogP contribution is -2.35. The number of carbonyl (C=O) groups is 1. The van der Waals surface area contributed by atoms with Crippen LogP contribution in [0.15, 0.2) is 16.8 Å². The second kappa shape index (κ2) is 6.04. The lowest BCUT2D eigenvalue weighted by atomic mass is 10.2. The van der Waals surface area contributed by atoms with Gasteiger partial charge in [-0.3, -0.25) is 10.1 Å². The zero-order chi connectivity index (χ0) is 14.9. The highest BCUT2D eigenvalue weighted by molar-refractivity contribution is 7.07. The predicted molar refractivity (Wildman–Crippen MR) is 83.2 cm³/mol. The van der Waals surface area contributed by atoms with Gasteiger partial charge < -0.3 is 14.5 Å². The third-order valence-corrected chi connectivity index (χ3v) is 4.86. The van der Waals surface area contributed by atoms with E-state index in [1.807, 2.05) is 19.0 Å². The number of nitrogens with zero attached hydrogens (tertiary/aromatic N) is 2. The smallest absolute Gasteiger partial charge is 0.244 e. The fraction of sp³-hybridized carbons (Fsp3) is 0.667. The number of amides is 1. The zero-order valence-electron chi connectivity index (χ0n) is 12.7. The Morgan fingerprint density at radius 1 is 1.48 bits per heavy atom. The number of carbonyl (C=O) groups excluding carboxylic acids is 1. The zero-order valence-corrected chi connectivity index (χ0v) is 13.5. The molecule has 2 aliphatic rings. The standard InChI is InChI=1S/C15H23N3O2S/c1-17(2)6-8-20-9-7-18-13(12-3-10-21-11-12)16-15(4-5-15)14(18)19/h3,10-11,13,16H,4-9H2,1-2H3. The van der Waals surface area contributed by atoms with Crippen molar-refractivity contribution in [2.24, 2.45) is 0 Å². The van der Waals surface area contributed by atoms with E-state index in [4.69, 9.17) is 4.74 Å². The first-order valence-corrected chi connectivity index (χ1v) is 8.40. The molecule has 1 saturated carbocycles. The number of ether oxygens (including phenoxy) is 1. The Kier molecular flexibility index (Phi) is 4.31. The summed E-state index contributed by atoms with van der Waals surface area (Å²) >= 11 is 1.67. The molecule has 3 rings (SSSR count). The topological polar surface area (TPSA) is 44.8 Å². The lowest BCUT2D eigenvalue weighted by Gasteiger charge is -2.23. The summed E-state index contributed by atoms with van der Waals surface area (Å²) in [6.07, 6.45) is 1.94. The van der Waals surface area contributed by atoms with Crippen molar-refractivity contribution in [1.82, 2.24) is 15.1 Å². The lowest BCUT2D eigenvalue weighted by molar-refractivity contribution is -0.131. The summed E-state index contributed by atoms with van der Waals surface area (Å²) < 4.78 is 5.65. The third-order valence-electron chi connectivity index (χ3n) is 4.16. The maximum Gasteiger partial charge on any atom is 0.244 e. The van der Waals surface area contributed by atoms with Crippen molar-refractivity contribution in [3.05, 3.63) is 22.4 Å². The van der Waals surface area contributed by atoms with E-state index in [1.165, 1.54) is 5.56 Å². The molecule has 1 spiro atoms. The number of hydrogen-bond acceptors (Lipinski definition) is 5. The van der Waals surface area contributed by atoms with Crippen LogP contribution in [0.1, 0.15) is 24.6 Å². The Morgan fingerprint density at radius 3 is 2.90 bits per heavy atom. The molecule has 1 atom stereocenters. The first kappa shape index (κ1) is 15.0. The molecule has 0 aromatic carbocycles. The van der Waals surface area contributed by atoms with Crippen LogP contribution in [-0.4, -0.2) is 61.6 Å². The van der Waals surface area contributed by atoms with Gasteiger partial charge in [-0.2, -0.15) is 11.3 Å². The normalized spacial score (nSPS) is 23.5. The Bertz CT molecular complexity index is 485. The van der Waals surface area contributed by atoms with Crippen LogP contribution in [0.2, 0.25) is 0 Å². The van der Waals surface area contributed by atoms with E-state index in [1.54, 1.807) is 11.3 Å². The van der Waals surface area contributed by atoms with Crippen LogP contribution in [-0.2, 0) is 9.53 Å². The second-order valence-corrected chi connectivity index (χ2v) is 6.88. The molecule has 1 saturated heterocycles. The maximum atomic E-state index is 12.6. The van der Waals surface area contributed by atoms with Gasteiger partial charge in [0, 0.05) is 13.1 Å². The molecule has 1 aromatic rings. The molecule has 1 aliphatic carbocycles. The van der Waals surface area contributed by atoms with Crippen LogP contribution in [0, 0.1) is 0 Å². The number of hydrogen-bond donors (Lipinski definition) is 1. The average molecular weight is 309 g/mol. The monoisotopic (exact) mass is 309 g/mol. The maximum absolute atomic E-state index is 12.6. The van der Waals surface area contributed by atoms with Crippen molar-refractivity contribution < 1.29 is 9.53 Å². The first-order chi connectivity index (χ1) is 10.1. The second-order valence-electron chi connectivity index (χ2n) is 6.10. The molecule has 0 radical (unpaired) electrons. The van der Waals surface area contributed by atoms with Gasteiger partial charge in [0.2, 0.25) is 5.91 Å². The van der Waals surface area contributed by atoms with Gasteiger partial charge in [0.15, 0.2) is 0 Å². The molecule has 1 unspecified atom stereocenters. The molecule has 116 valence electrons. The van der Waals surface area contributed by atoms with E-state index >= 15 is 0 Å². The molecular formula is C15H23N3O2S. The van der Waals surface area contributed by atoms with E-state index in [9.17, 15) is 4.79 Å². The van der Waals surface area contributed by atoms with E-state index in [0.717, 1.165) is 19.4 Å². The Hall–Kier alpha value is -0.950. The molecule has 0 bridgehead atoms. The van der Waals surface area contributed by atoms with Gasteiger partial charge in [-0.15, -0.1) is 0 Å². The molecular weight excluding hydrogens is 286 g/mol. The number of likely N-dealkylation sites (N-methyl/N-ethyl adjacent to an activating group) is 1. The molecule has 1 N–H and O–H groups in total. The number of thiophene rings is 1. The van der Waals surface area contributed by atoms with Gasteiger partial charge in [0.05, 0.1) is 13.2 Å². The van der Waals surface area contributed by atoms with Gasteiger partial charge in [0.25, 0.3) is 0 Å². The summed E-state index contributed by atoms with van der Waals surface area (Å²) in [7, 11) is 4.06. The minimum absolute atomic E-state index is 0.0173. The van der Waals surface area contributed by atoms with Crippen LogP contribution in [0.5, 0.6) is 0 Å². The largest absolute Gasteiger partial charge is 0.378 e. The van der Waals surface area contributed by atoms with Gasteiger partial charge in [-0.1, -0.05) is 0 Å². The van der Waals surface area contributed by atoms with Gasteiger partial charge in [0.1, 0.15) is 11.7 Å². The fourth-order valence-corrected chi connectivity index (χ4v) is 3.39. The van der Waals surface area contributed by atoms with Crippen molar-refractivity contribution in [2.45, 2.75) is 24.5 Å². The van der Waals surface area contributed by atoms with Crippen molar-refractivity contribution in [2.75, 3.05) is 40.4 Å². The summed E-state index contributed by atoms with van der Waals surface area (Å²) in [5.74, 6) is 0.245. The van der Waals surface area contributed by atoms with Crippen molar-refractivity contribution in [3.8, 4) is 0 Å². The molecule has 1 aromatic heterocycles. The van der Waals surface area contributed by atoms with Crippen molar-refractivity contribution >= 4 is 17.2 Å². The highest BCUT2D eigenvalue weighted by Gasteiger charge is 2.59. The highest BCUT2D eigenvalue weighted by atomic mass is 32.1. The molecule has 1 aliphatic heterocycles. The summed E-state index contributed by atoms with van der Waals surface area (Å²) in [5.41, 5.74) is 0.918. The number of rotatable bonds is 7. The van der Waals surface area contributed by atoms with Crippen molar-refractivity contribution in [1.29, 1.82) is 0 Å². The molecule has 2 heterocycles. The minimum Gasteiger partial charge on any atom is -0.378 e. The summed E-state index contributed by atoms with van der Waals surface area (Å²) in [6.45, 7) is 2.86. The van der Waals surface area contributed by atoms with E-state index < -0.39 is 0 Å².